The predicted octanol–water partition coefficient (Wildman–Crippen LogP) is 3.43. The third-order valence-electron chi connectivity index (χ3n) is 1.72. The first-order valence-corrected chi connectivity index (χ1v) is 4.29. The van der Waals surface area contributed by atoms with Crippen molar-refractivity contribution in [2.75, 3.05) is 0 Å². The average molecular weight is 147 g/mol. The van der Waals surface area contributed by atoms with Gasteiger partial charge in [0, 0.05) is 0 Å². The second-order valence-corrected chi connectivity index (χ2v) is 2.74. The van der Waals surface area contributed by atoms with Crippen molar-refractivity contribution in [1.29, 1.82) is 0 Å². The van der Waals surface area contributed by atoms with Crippen molar-refractivity contribution in [2.24, 2.45) is 0 Å². The fourth-order valence-corrected chi connectivity index (χ4v) is 1.16. The number of rotatable bonds is 2. The Balaban J connectivity index is 2.54. The molecule has 0 bridgehead atoms. The average Bonchev–Trinajstić information content (AvgIpc) is 1.94. The lowest BCUT2D eigenvalue weighted by Crippen LogP contribution is -1.80. The summed E-state index contributed by atoms with van der Waals surface area (Å²) in [5.41, 5.74) is 1.47. The van der Waals surface area contributed by atoms with Gasteiger partial charge in [0.1, 0.15) is 0 Å². The van der Waals surface area contributed by atoms with Gasteiger partial charge in [-0.3, -0.25) is 0 Å². The lowest BCUT2D eigenvalue weighted by atomic mass is 10.1. The molecule has 0 atom stereocenters. The van der Waals surface area contributed by atoms with Crippen LogP contribution in [0.15, 0.2) is 36.0 Å². The molecule has 0 amide bonds. The summed E-state index contributed by atoms with van der Waals surface area (Å²) in [7, 11) is 0. The summed E-state index contributed by atoms with van der Waals surface area (Å²) in [5, 5.41) is 0. The summed E-state index contributed by atoms with van der Waals surface area (Å²) in [6.45, 7) is 2.22. The van der Waals surface area contributed by atoms with E-state index >= 15 is 0 Å². The van der Waals surface area contributed by atoms with Gasteiger partial charge in [-0.05, 0) is 6.42 Å². The Bertz CT molecular complexity index is 182. The highest BCUT2D eigenvalue weighted by molar-refractivity contribution is 5.26. The molecule has 0 aromatic carbocycles. The maximum atomic E-state index is 2.30. The molecule has 0 heteroatoms. The topological polar surface area (TPSA) is 0 Å². The standard InChI is InChI=1S/C11H15/c1-2-8-11-9-6-4-3-5-7-10-11/h3-6,9-10H,2,7-8H2,1H3/q-1. The normalized spacial score (nSPS) is 16.6. The molecule has 0 N–H and O–H groups in total. The van der Waals surface area contributed by atoms with Crippen LogP contribution in [-0.4, -0.2) is 0 Å². The molecule has 0 spiro atoms. The minimum Gasteiger partial charge on any atom is -0.176 e. The van der Waals surface area contributed by atoms with Crippen LogP contribution in [0, 0.1) is 6.42 Å². The van der Waals surface area contributed by atoms with Gasteiger partial charge in [0.2, 0.25) is 0 Å². The summed E-state index contributed by atoms with van der Waals surface area (Å²) in [6, 6.07) is 0. The van der Waals surface area contributed by atoms with Gasteiger partial charge in [-0.15, -0.1) is 11.6 Å². The molecule has 0 nitrogen and oxygen atoms in total. The monoisotopic (exact) mass is 147 g/mol. The molecule has 0 saturated carbocycles. The second-order valence-electron chi connectivity index (χ2n) is 2.74. The van der Waals surface area contributed by atoms with Gasteiger partial charge in [0.05, 0.1) is 0 Å². The lowest BCUT2D eigenvalue weighted by Gasteiger charge is -2.05. The lowest BCUT2D eigenvalue weighted by molar-refractivity contribution is 0.920. The molecule has 0 aromatic rings. The zero-order valence-corrected chi connectivity index (χ0v) is 7.09. The highest BCUT2D eigenvalue weighted by Gasteiger charge is 1.85. The molecule has 0 radical (unpaired) electrons. The zero-order valence-electron chi connectivity index (χ0n) is 7.09. The number of hydrogen-bond donors (Lipinski definition) is 0. The molecule has 0 aromatic heterocycles. The van der Waals surface area contributed by atoms with Crippen molar-refractivity contribution in [3.05, 3.63) is 42.4 Å². The van der Waals surface area contributed by atoms with Gasteiger partial charge in [-0.25, -0.2) is 0 Å². The molecular weight excluding hydrogens is 132 g/mol. The molecule has 0 unspecified atom stereocenters. The summed E-state index contributed by atoms with van der Waals surface area (Å²) < 4.78 is 0. The fourth-order valence-electron chi connectivity index (χ4n) is 1.16. The molecule has 60 valence electrons. The van der Waals surface area contributed by atoms with Gasteiger partial charge in [0.15, 0.2) is 0 Å². The maximum absolute atomic E-state index is 2.30. The third-order valence-corrected chi connectivity index (χ3v) is 1.72. The molecule has 1 aliphatic rings. The van der Waals surface area contributed by atoms with E-state index in [-0.39, 0.29) is 0 Å². The summed E-state index contributed by atoms with van der Waals surface area (Å²) in [5.74, 6) is 0. The Morgan fingerprint density at radius 2 is 2.36 bits per heavy atom. The van der Waals surface area contributed by atoms with E-state index in [1.54, 1.807) is 0 Å². The molecule has 0 fully saturated rings. The van der Waals surface area contributed by atoms with Gasteiger partial charge in [0.25, 0.3) is 0 Å². The zero-order chi connectivity index (χ0) is 7.94. The van der Waals surface area contributed by atoms with Crippen LogP contribution in [0.4, 0.5) is 0 Å². The van der Waals surface area contributed by atoms with Crippen molar-refractivity contribution < 1.29 is 0 Å². The first-order chi connectivity index (χ1) is 5.43. The minimum atomic E-state index is 1.08. The van der Waals surface area contributed by atoms with E-state index in [1.807, 2.05) is 0 Å². The quantitative estimate of drug-likeness (QED) is 0.525. The number of allylic oxidation sites excluding steroid dienone is 6. The van der Waals surface area contributed by atoms with Gasteiger partial charge in [-0.2, -0.15) is 30.7 Å². The van der Waals surface area contributed by atoms with Crippen molar-refractivity contribution in [2.45, 2.75) is 26.2 Å². The first kappa shape index (κ1) is 8.19. The van der Waals surface area contributed by atoms with Crippen LogP contribution in [0.5, 0.6) is 0 Å². The summed E-state index contributed by atoms with van der Waals surface area (Å²) in [4.78, 5) is 0. The van der Waals surface area contributed by atoms with Crippen LogP contribution in [0.3, 0.4) is 0 Å². The van der Waals surface area contributed by atoms with Crippen molar-refractivity contribution in [1.82, 2.24) is 0 Å². The molecule has 0 saturated heterocycles. The van der Waals surface area contributed by atoms with Gasteiger partial charge < -0.3 is 0 Å². The smallest absolute Gasteiger partial charge is 0.0400 e. The van der Waals surface area contributed by atoms with Crippen molar-refractivity contribution in [3.63, 3.8) is 0 Å². The molecule has 1 rings (SSSR count). The fraction of sp³-hybridized carbons (Fsp3) is 0.364. The van der Waals surface area contributed by atoms with E-state index in [4.69, 9.17) is 0 Å². The largest absolute Gasteiger partial charge is 0.176 e. The van der Waals surface area contributed by atoms with E-state index in [2.05, 4.69) is 43.7 Å². The Labute approximate surface area is 69.3 Å². The molecule has 0 heterocycles. The molecule has 1 aliphatic carbocycles. The summed E-state index contributed by atoms with van der Waals surface area (Å²) in [6.07, 6.45) is 16.5. The van der Waals surface area contributed by atoms with Crippen LogP contribution in [0.1, 0.15) is 26.2 Å². The minimum absolute atomic E-state index is 1.08. The first-order valence-electron chi connectivity index (χ1n) is 4.29. The Morgan fingerprint density at radius 1 is 1.45 bits per heavy atom. The Hall–Kier alpha value is -0.910. The predicted molar refractivity (Wildman–Crippen MR) is 50.2 cm³/mol. The van der Waals surface area contributed by atoms with Gasteiger partial charge >= 0.3 is 0 Å². The highest BCUT2D eigenvalue weighted by atomic mass is 14.0. The summed E-state index contributed by atoms with van der Waals surface area (Å²) >= 11 is 0. The Kier molecular flexibility index (Phi) is 3.60. The molecular formula is C11H15-. The molecule has 11 heavy (non-hydrogen) atoms. The SMILES string of the molecule is CCCC1=CCC=C[CH-]C=C1. The van der Waals surface area contributed by atoms with Crippen LogP contribution in [0.2, 0.25) is 0 Å². The van der Waals surface area contributed by atoms with Crippen LogP contribution < -0.4 is 0 Å². The van der Waals surface area contributed by atoms with Crippen molar-refractivity contribution >= 4 is 0 Å². The van der Waals surface area contributed by atoms with E-state index in [1.165, 1.54) is 18.4 Å². The van der Waals surface area contributed by atoms with E-state index in [0.717, 1.165) is 6.42 Å². The highest BCUT2D eigenvalue weighted by Crippen LogP contribution is 2.10. The van der Waals surface area contributed by atoms with Crippen molar-refractivity contribution in [3.8, 4) is 0 Å². The van der Waals surface area contributed by atoms with Crippen LogP contribution in [-0.2, 0) is 0 Å². The second kappa shape index (κ2) is 4.84. The van der Waals surface area contributed by atoms with E-state index < -0.39 is 0 Å². The van der Waals surface area contributed by atoms with Crippen LogP contribution >= 0.6 is 0 Å². The Morgan fingerprint density at radius 3 is 3.18 bits per heavy atom. The van der Waals surface area contributed by atoms with E-state index in [9.17, 15) is 0 Å². The maximum Gasteiger partial charge on any atom is -0.0400 e. The molecule has 0 aliphatic heterocycles. The third kappa shape index (κ3) is 3.13. The number of hydrogen-bond acceptors (Lipinski definition) is 0. The van der Waals surface area contributed by atoms with E-state index in [0.29, 0.717) is 0 Å². The van der Waals surface area contributed by atoms with Crippen LogP contribution in [0.25, 0.3) is 0 Å². The van der Waals surface area contributed by atoms with Gasteiger partial charge in [-0.1, -0.05) is 19.8 Å².